The van der Waals surface area contributed by atoms with Crippen molar-refractivity contribution in [1.29, 1.82) is 0 Å². The number of amidine groups is 2. The highest BCUT2D eigenvalue weighted by atomic mass is 79.9. The highest BCUT2D eigenvalue weighted by molar-refractivity contribution is 9.10. The van der Waals surface area contributed by atoms with Gasteiger partial charge in [0.15, 0.2) is 11.7 Å². The fourth-order valence-corrected chi connectivity index (χ4v) is 6.00. The van der Waals surface area contributed by atoms with E-state index in [1.165, 1.54) is 0 Å². The third-order valence-electron chi connectivity index (χ3n) is 8.16. The number of nitrogens with two attached hydrogens (primary N) is 2. The summed E-state index contributed by atoms with van der Waals surface area (Å²) in [5.41, 5.74) is 18.4. The molecule has 1 aromatic heterocycles. The van der Waals surface area contributed by atoms with E-state index in [0.29, 0.717) is 49.4 Å². The quantitative estimate of drug-likeness (QED) is 0.0806. The number of nitrogens with zero attached hydrogens (tertiary/aromatic N) is 5. The fraction of sp³-hybridized carbons (Fsp3) is 0.147. The van der Waals surface area contributed by atoms with Crippen molar-refractivity contribution in [3.63, 3.8) is 0 Å². The Bertz CT molecular complexity index is 1930. The van der Waals surface area contributed by atoms with Crippen LogP contribution in [0.5, 0.6) is 0 Å². The molecule has 5 aromatic rings. The lowest BCUT2D eigenvalue weighted by atomic mass is 10.0. The molecule has 1 aliphatic rings. The number of amides is 1. The lowest BCUT2D eigenvalue weighted by molar-refractivity contribution is 0.0748. The standard InChI is InChI=1S/C34H32BrN7O3/c35-27-10-7-22(8-11-27)20-42-21-30(29-12-9-24(19-31(29)42)23-3-1-4-25(17-23)32(36)38-44)34(43)41-15-13-40(14-16-41)28-6-2-5-26(18-28)33(37)39-45/h1-12,17-19,21,44-45H,13-16,20H2,(H2,36,38)(H2,37,39). The van der Waals surface area contributed by atoms with Crippen LogP contribution >= 0.6 is 15.9 Å². The van der Waals surface area contributed by atoms with Gasteiger partial charge in [0.2, 0.25) is 0 Å². The van der Waals surface area contributed by atoms with Crippen molar-refractivity contribution in [3.8, 4) is 11.1 Å². The zero-order valence-electron chi connectivity index (χ0n) is 24.3. The number of benzene rings is 4. The molecule has 1 amide bonds. The maximum atomic E-state index is 14.0. The third-order valence-corrected chi connectivity index (χ3v) is 8.69. The van der Waals surface area contributed by atoms with E-state index >= 15 is 0 Å². The van der Waals surface area contributed by atoms with Crippen molar-refractivity contribution >= 4 is 50.1 Å². The average molecular weight is 667 g/mol. The molecule has 6 N–H and O–H groups in total. The number of anilines is 1. The smallest absolute Gasteiger partial charge is 0.256 e. The first-order chi connectivity index (χ1) is 21.8. The Labute approximate surface area is 268 Å². The SMILES string of the molecule is N/C(=N\O)c1cccc(-c2ccc3c(C(=O)N4CCN(c5cccc(/C(N)=N/O)c5)CC4)cn(Cc4ccc(Br)cc4)c3c2)c1. The maximum absolute atomic E-state index is 14.0. The molecule has 0 unspecified atom stereocenters. The summed E-state index contributed by atoms with van der Waals surface area (Å²) < 4.78 is 3.13. The number of piperazine rings is 1. The normalized spacial score (nSPS) is 14.2. The fourth-order valence-electron chi connectivity index (χ4n) is 5.73. The van der Waals surface area contributed by atoms with E-state index in [1.807, 2.05) is 71.8 Å². The van der Waals surface area contributed by atoms with Gasteiger partial charge in [-0.3, -0.25) is 4.79 Å². The first kappa shape index (κ1) is 29.8. The van der Waals surface area contributed by atoms with Gasteiger partial charge in [-0.15, -0.1) is 0 Å². The van der Waals surface area contributed by atoms with Crippen LogP contribution in [-0.2, 0) is 6.54 Å². The Kier molecular flexibility index (Phi) is 8.43. The van der Waals surface area contributed by atoms with Crippen LogP contribution in [0.3, 0.4) is 0 Å². The van der Waals surface area contributed by atoms with E-state index in [9.17, 15) is 4.79 Å². The number of fused-ring (bicyclic) bond motifs is 1. The predicted molar refractivity (Wildman–Crippen MR) is 180 cm³/mol. The predicted octanol–water partition coefficient (Wildman–Crippen LogP) is 5.27. The summed E-state index contributed by atoms with van der Waals surface area (Å²) in [6, 6.07) is 29.3. The Hall–Kier alpha value is -5.29. The molecule has 1 aliphatic heterocycles. The molecule has 10 nitrogen and oxygen atoms in total. The number of oxime groups is 2. The topological polar surface area (TPSA) is 146 Å². The van der Waals surface area contributed by atoms with Gasteiger partial charge in [0.1, 0.15) is 0 Å². The molecule has 0 atom stereocenters. The van der Waals surface area contributed by atoms with Crippen molar-refractivity contribution in [2.75, 3.05) is 31.1 Å². The van der Waals surface area contributed by atoms with Crippen molar-refractivity contribution < 1.29 is 15.2 Å². The number of carbonyl (C=O) groups excluding carboxylic acids is 1. The van der Waals surface area contributed by atoms with E-state index in [4.69, 9.17) is 21.9 Å². The van der Waals surface area contributed by atoms with Crippen LogP contribution < -0.4 is 16.4 Å². The van der Waals surface area contributed by atoms with E-state index in [-0.39, 0.29) is 17.6 Å². The van der Waals surface area contributed by atoms with Crippen LogP contribution in [0, 0.1) is 0 Å². The molecule has 11 heteroatoms. The van der Waals surface area contributed by atoms with Gasteiger partial charge in [0.05, 0.1) is 5.56 Å². The summed E-state index contributed by atoms with van der Waals surface area (Å²) in [5, 5.41) is 25.3. The van der Waals surface area contributed by atoms with Crippen LogP contribution in [0.4, 0.5) is 5.69 Å². The van der Waals surface area contributed by atoms with Gasteiger partial charge in [-0.2, -0.15) is 0 Å². The summed E-state index contributed by atoms with van der Waals surface area (Å²) in [4.78, 5) is 18.1. The number of hydrogen-bond donors (Lipinski definition) is 4. The molecular formula is C34H32BrN7O3. The molecule has 0 spiro atoms. The van der Waals surface area contributed by atoms with Crippen LogP contribution in [0.25, 0.3) is 22.0 Å². The van der Waals surface area contributed by atoms with Crippen LogP contribution in [0.2, 0.25) is 0 Å². The van der Waals surface area contributed by atoms with Gasteiger partial charge in [0, 0.05) is 71.1 Å². The Morgan fingerprint density at radius 2 is 1.42 bits per heavy atom. The maximum Gasteiger partial charge on any atom is 0.256 e. The lowest BCUT2D eigenvalue weighted by Crippen LogP contribution is -2.48. The average Bonchev–Trinajstić information content (AvgIpc) is 3.45. The van der Waals surface area contributed by atoms with Crippen molar-refractivity contribution in [1.82, 2.24) is 9.47 Å². The van der Waals surface area contributed by atoms with Crippen molar-refractivity contribution in [3.05, 3.63) is 124 Å². The number of aromatic nitrogens is 1. The van der Waals surface area contributed by atoms with E-state index in [0.717, 1.165) is 37.8 Å². The minimum Gasteiger partial charge on any atom is -0.409 e. The molecule has 1 fully saturated rings. The van der Waals surface area contributed by atoms with Gasteiger partial charge in [-0.25, -0.2) is 0 Å². The second-order valence-electron chi connectivity index (χ2n) is 10.9. The molecular weight excluding hydrogens is 634 g/mol. The number of rotatable bonds is 7. The molecule has 0 saturated carbocycles. The molecule has 45 heavy (non-hydrogen) atoms. The number of halogens is 1. The van der Waals surface area contributed by atoms with E-state index in [1.54, 1.807) is 12.1 Å². The van der Waals surface area contributed by atoms with Gasteiger partial charge in [0.25, 0.3) is 5.91 Å². The van der Waals surface area contributed by atoms with Gasteiger partial charge < -0.3 is 36.2 Å². The summed E-state index contributed by atoms with van der Waals surface area (Å²) in [6.45, 7) is 3.03. The molecule has 0 bridgehead atoms. The molecule has 2 heterocycles. The Balaban J connectivity index is 1.30. The second kappa shape index (κ2) is 12.7. The Morgan fingerprint density at radius 3 is 2.11 bits per heavy atom. The van der Waals surface area contributed by atoms with Gasteiger partial charge in [-0.1, -0.05) is 80.8 Å². The molecule has 1 saturated heterocycles. The van der Waals surface area contributed by atoms with Gasteiger partial charge >= 0.3 is 0 Å². The van der Waals surface area contributed by atoms with Crippen LogP contribution in [0.15, 0.2) is 112 Å². The molecule has 0 radical (unpaired) electrons. The molecule has 228 valence electrons. The zero-order valence-corrected chi connectivity index (χ0v) is 25.9. The number of carbonyl (C=O) groups is 1. The van der Waals surface area contributed by atoms with Crippen molar-refractivity contribution in [2.45, 2.75) is 6.54 Å². The molecule has 6 rings (SSSR count). The zero-order chi connectivity index (χ0) is 31.5. The minimum absolute atomic E-state index is 0.0127. The highest BCUT2D eigenvalue weighted by Gasteiger charge is 2.26. The molecule has 4 aromatic carbocycles. The number of hydrogen-bond acceptors (Lipinski definition) is 6. The first-order valence-electron chi connectivity index (χ1n) is 14.4. The molecule has 0 aliphatic carbocycles. The monoisotopic (exact) mass is 665 g/mol. The first-order valence-corrected chi connectivity index (χ1v) is 15.2. The summed E-state index contributed by atoms with van der Waals surface area (Å²) in [6.07, 6.45) is 1.96. The third kappa shape index (κ3) is 6.20. The summed E-state index contributed by atoms with van der Waals surface area (Å²) >= 11 is 3.51. The van der Waals surface area contributed by atoms with Crippen molar-refractivity contribution in [2.24, 2.45) is 21.8 Å². The van der Waals surface area contributed by atoms with Crippen LogP contribution in [0.1, 0.15) is 27.0 Å². The van der Waals surface area contributed by atoms with Gasteiger partial charge in [-0.05, 0) is 53.1 Å². The van der Waals surface area contributed by atoms with E-state index in [2.05, 4.69) is 53.9 Å². The minimum atomic E-state index is -0.0127. The Morgan fingerprint density at radius 1 is 0.778 bits per heavy atom. The summed E-state index contributed by atoms with van der Waals surface area (Å²) in [7, 11) is 0. The summed E-state index contributed by atoms with van der Waals surface area (Å²) in [5.74, 6) is 0.0887. The lowest BCUT2D eigenvalue weighted by Gasteiger charge is -2.36. The van der Waals surface area contributed by atoms with Crippen LogP contribution in [-0.4, -0.2) is 63.6 Å². The highest BCUT2D eigenvalue weighted by Crippen LogP contribution is 2.31. The second-order valence-corrected chi connectivity index (χ2v) is 11.8. The van der Waals surface area contributed by atoms with E-state index < -0.39 is 0 Å². The largest absolute Gasteiger partial charge is 0.409 e.